The van der Waals surface area contributed by atoms with Crippen molar-refractivity contribution >= 4 is 51.7 Å². The van der Waals surface area contributed by atoms with E-state index in [4.69, 9.17) is 17.2 Å². The van der Waals surface area contributed by atoms with Gasteiger partial charge < -0.3 is 4.90 Å². The third kappa shape index (κ3) is 4.63. The SMILES string of the molecule is CCN1C(=O)/C(=C/c2c(N3CCN(Cc4ccccc4)CC3)nc3c(C)cccn3c2=O)SC1=S. The number of thioether (sulfide) groups is 1. The molecule has 0 radical (unpaired) electrons. The summed E-state index contributed by atoms with van der Waals surface area (Å²) in [5.74, 6) is 0.472. The minimum Gasteiger partial charge on any atom is -0.353 e. The fourth-order valence-electron chi connectivity index (χ4n) is 4.53. The lowest BCUT2D eigenvalue weighted by molar-refractivity contribution is -0.121. The van der Waals surface area contributed by atoms with E-state index in [0.717, 1.165) is 38.3 Å². The molecule has 2 saturated heterocycles. The molecule has 2 fully saturated rings. The average molecular weight is 506 g/mol. The fraction of sp³-hybridized carbons (Fsp3) is 0.308. The maximum absolute atomic E-state index is 13.7. The largest absolute Gasteiger partial charge is 0.353 e. The number of pyridine rings is 1. The van der Waals surface area contributed by atoms with Gasteiger partial charge in [-0.15, -0.1) is 0 Å². The van der Waals surface area contributed by atoms with Gasteiger partial charge in [-0.1, -0.05) is 60.4 Å². The molecule has 3 aromatic rings. The number of aromatic nitrogens is 2. The minimum atomic E-state index is -0.179. The molecular weight excluding hydrogens is 478 g/mol. The number of nitrogens with zero attached hydrogens (tertiary/aromatic N) is 5. The van der Waals surface area contributed by atoms with E-state index in [2.05, 4.69) is 34.1 Å². The van der Waals surface area contributed by atoms with Gasteiger partial charge in [-0.25, -0.2) is 4.98 Å². The average Bonchev–Trinajstić information content (AvgIpc) is 3.14. The monoisotopic (exact) mass is 505 g/mol. The van der Waals surface area contributed by atoms with Crippen molar-refractivity contribution in [3.63, 3.8) is 0 Å². The van der Waals surface area contributed by atoms with E-state index in [-0.39, 0.29) is 11.5 Å². The van der Waals surface area contributed by atoms with Crippen LogP contribution >= 0.6 is 24.0 Å². The van der Waals surface area contributed by atoms with E-state index in [1.807, 2.05) is 32.0 Å². The molecule has 4 heterocycles. The predicted molar refractivity (Wildman–Crippen MR) is 146 cm³/mol. The molecule has 180 valence electrons. The number of carbonyl (C=O) groups is 1. The third-order valence-corrected chi connectivity index (χ3v) is 7.83. The lowest BCUT2D eigenvalue weighted by Crippen LogP contribution is -2.47. The van der Waals surface area contributed by atoms with Crippen LogP contribution in [0, 0.1) is 6.92 Å². The number of anilines is 1. The van der Waals surface area contributed by atoms with Gasteiger partial charge in [0.1, 0.15) is 15.8 Å². The fourth-order valence-corrected chi connectivity index (χ4v) is 5.90. The summed E-state index contributed by atoms with van der Waals surface area (Å²) in [4.78, 5) is 38.1. The maximum Gasteiger partial charge on any atom is 0.267 e. The number of likely N-dealkylation sites (N-methyl/N-ethyl adjacent to an activating group) is 1. The Labute approximate surface area is 214 Å². The maximum atomic E-state index is 13.7. The van der Waals surface area contributed by atoms with Gasteiger partial charge in [-0.05, 0) is 37.1 Å². The number of piperazine rings is 1. The standard InChI is InChI=1S/C26H27N5O2S2/c1-3-30-25(33)21(35-26(30)34)16-20-23(27-22-18(2)8-7-11-31(22)24(20)32)29-14-12-28(13-15-29)17-19-9-5-4-6-10-19/h4-11,16H,3,12-15,17H2,1-2H3/b21-16-. The number of benzene rings is 1. The van der Waals surface area contributed by atoms with E-state index in [1.54, 1.807) is 21.6 Å². The molecule has 2 aliphatic rings. The number of fused-ring (bicyclic) bond motifs is 1. The lowest BCUT2D eigenvalue weighted by atomic mass is 10.1. The van der Waals surface area contributed by atoms with Crippen molar-refractivity contribution in [1.29, 1.82) is 0 Å². The van der Waals surface area contributed by atoms with Crippen molar-refractivity contribution in [3.8, 4) is 0 Å². The molecule has 2 aromatic heterocycles. The Hall–Kier alpha value is -3.01. The highest BCUT2D eigenvalue weighted by Crippen LogP contribution is 2.33. The molecule has 0 aliphatic carbocycles. The van der Waals surface area contributed by atoms with Crippen molar-refractivity contribution in [2.75, 3.05) is 37.6 Å². The van der Waals surface area contributed by atoms with Crippen molar-refractivity contribution in [1.82, 2.24) is 19.2 Å². The van der Waals surface area contributed by atoms with Crippen molar-refractivity contribution in [3.05, 3.63) is 80.6 Å². The molecule has 2 aliphatic heterocycles. The van der Waals surface area contributed by atoms with Gasteiger partial charge in [0.15, 0.2) is 0 Å². The Morgan fingerprint density at radius 1 is 1.06 bits per heavy atom. The zero-order valence-electron chi connectivity index (χ0n) is 19.8. The first-order valence-corrected chi connectivity index (χ1v) is 13.0. The van der Waals surface area contributed by atoms with Gasteiger partial charge in [0.05, 0.1) is 10.5 Å². The Morgan fingerprint density at radius 2 is 1.80 bits per heavy atom. The van der Waals surface area contributed by atoms with Gasteiger partial charge in [-0.2, -0.15) is 0 Å². The number of amides is 1. The van der Waals surface area contributed by atoms with Gasteiger partial charge in [0, 0.05) is 45.5 Å². The summed E-state index contributed by atoms with van der Waals surface area (Å²) in [7, 11) is 0. The molecule has 1 aromatic carbocycles. The van der Waals surface area contributed by atoms with Crippen LogP contribution in [0.1, 0.15) is 23.6 Å². The number of hydrogen-bond acceptors (Lipinski definition) is 7. The second kappa shape index (κ2) is 9.93. The van der Waals surface area contributed by atoms with Crippen LogP contribution in [0.4, 0.5) is 5.82 Å². The first kappa shape index (κ1) is 23.7. The molecule has 0 N–H and O–H groups in total. The number of rotatable bonds is 5. The molecule has 7 nitrogen and oxygen atoms in total. The quantitative estimate of drug-likeness (QED) is 0.388. The summed E-state index contributed by atoms with van der Waals surface area (Å²) >= 11 is 6.62. The highest BCUT2D eigenvalue weighted by Gasteiger charge is 2.32. The number of hydrogen-bond donors (Lipinski definition) is 0. The second-order valence-electron chi connectivity index (χ2n) is 8.71. The van der Waals surface area contributed by atoms with Crippen LogP contribution < -0.4 is 10.5 Å². The molecule has 0 atom stereocenters. The summed E-state index contributed by atoms with van der Waals surface area (Å²) in [5.41, 5.74) is 3.11. The Morgan fingerprint density at radius 3 is 2.49 bits per heavy atom. The van der Waals surface area contributed by atoms with Crippen molar-refractivity contribution in [2.24, 2.45) is 0 Å². The highest BCUT2D eigenvalue weighted by atomic mass is 32.2. The van der Waals surface area contributed by atoms with E-state index >= 15 is 0 Å². The smallest absolute Gasteiger partial charge is 0.267 e. The minimum absolute atomic E-state index is 0.158. The molecule has 0 bridgehead atoms. The zero-order valence-corrected chi connectivity index (χ0v) is 21.4. The van der Waals surface area contributed by atoms with E-state index in [1.165, 1.54) is 17.3 Å². The number of carbonyl (C=O) groups excluding carboxylic acids is 1. The van der Waals surface area contributed by atoms with Crippen LogP contribution in [0.5, 0.6) is 0 Å². The summed E-state index contributed by atoms with van der Waals surface area (Å²) < 4.78 is 2.08. The predicted octanol–water partition coefficient (Wildman–Crippen LogP) is 3.55. The van der Waals surface area contributed by atoms with Gasteiger partial charge in [-0.3, -0.25) is 23.8 Å². The van der Waals surface area contributed by atoms with Crippen LogP contribution in [-0.4, -0.2) is 62.1 Å². The van der Waals surface area contributed by atoms with Crippen LogP contribution in [0.15, 0.2) is 58.4 Å². The van der Waals surface area contributed by atoms with Crippen molar-refractivity contribution in [2.45, 2.75) is 20.4 Å². The van der Waals surface area contributed by atoms with Gasteiger partial charge in [0.2, 0.25) is 0 Å². The van der Waals surface area contributed by atoms with Crippen LogP contribution in [0.2, 0.25) is 0 Å². The Bertz CT molecular complexity index is 1380. The van der Waals surface area contributed by atoms with Crippen LogP contribution in [0.25, 0.3) is 11.7 Å². The highest BCUT2D eigenvalue weighted by molar-refractivity contribution is 8.26. The Kier molecular flexibility index (Phi) is 6.73. The molecule has 1 amide bonds. The van der Waals surface area contributed by atoms with E-state index in [9.17, 15) is 9.59 Å². The zero-order chi connectivity index (χ0) is 24.5. The first-order valence-electron chi connectivity index (χ1n) is 11.7. The second-order valence-corrected chi connectivity index (χ2v) is 10.4. The van der Waals surface area contributed by atoms with Crippen LogP contribution in [0.3, 0.4) is 0 Å². The normalized spacial score (nSPS) is 18.3. The number of thiocarbonyl (C=S) groups is 1. The van der Waals surface area contributed by atoms with Crippen molar-refractivity contribution < 1.29 is 4.79 Å². The molecule has 9 heteroatoms. The topological polar surface area (TPSA) is 61.2 Å². The van der Waals surface area contributed by atoms with Gasteiger partial charge in [0.25, 0.3) is 11.5 Å². The van der Waals surface area contributed by atoms with Gasteiger partial charge >= 0.3 is 0 Å². The lowest BCUT2D eigenvalue weighted by Gasteiger charge is -2.36. The molecule has 0 spiro atoms. The molecule has 5 rings (SSSR count). The Balaban J connectivity index is 1.51. The molecule has 35 heavy (non-hydrogen) atoms. The summed E-state index contributed by atoms with van der Waals surface area (Å²) in [6.45, 7) is 8.47. The molecular formula is C26H27N5O2S2. The first-order chi connectivity index (χ1) is 17.0. The van der Waals surface area contributed by atoms with E-state index < -0.39 is 0 Å². The van der Waals surface area contributed by atoms with E-state index in [0.29, 0.717) is 32.8 Å². The summed E-state index contributed by atoms with van der Waals surface area (Å²) in [6, 6.07) is 14.2. The molecule has 0 unspecified atom stereocenters. The summed E-state index contributed by atoms with van der Waals surface area (Å²) in [6.07, 6.45) is 3.42. The third-order valence-electron chi connectivity index (χ3n) is 6.45. The number of aryl methyl sites for hydroxylation is 1. The van der Waals surface area contributed by atoms with Crippen LogP contribution in [-0.2, 0) is 11.3 Å². The molecule has 0 saturated carbocycles. The summed E-state index contributed by atoms with van der Waals surface area (Å²) in [5, 5.41) is 0.